The van der Waals surface area contributed by atoms with Gasteiger partial charge >= 0.3 is 5.97 Å². The zero-order valence-electron chi connectivity index (χ0n) is 15.6. The summed E-state index contributed by atoms with van der Waals surface area (Å²) in [5, 5.41) is 16.4. The maximum absolute atomic E-state index is 12.1. The van der Waals surface area contributed by atoms with E-state index >= 15 is 0 Å². The van der Waals surface area contributed by atoms with Gasteiger partial charge in [0.25, 0.3) is 5.91 Å². The zero-order valence-corrected chi connectivity index (χ0v) is 16.4. The molecule has 7 heteroatoms. The van der Waals surface area contributed by atoms with Crippen LogP contribution in [0, 0.1) is 17.2 Å². The second-order valence-corrected chi connectivity index (χ2v) is 8.87. The lowest BCUT2D eigenvalue weighted by atomic mass is 9.81. The van der Waals surface area contributed by atoms with Gasteiger partial charge in [0.1, 0.15) is 11.1 Å². The van der Waals surface area contributed by atoms with Crippen LogP contribution in [-0.2, 0) is 26.3 Å². The number of hydrogen-bond acceptors (Lipinski definition) is 6. The van der Waals surface area contributed by atoms with Crippen molar-refractivity contribution in [2.45, 2.75) is 59.0 Å². The van der Waals surface area contributed by atoms with Gasteiger partial charge in [-0.3, -0.25) is 9.59 Å². The molecule has 1 amide bonds. The fraction of sp³-hybridized carbons (Fsp3) is 0.611. The highest BCUT2D eigenvalue weighted by atomic mass is 32.1. The molecule has 2 rings (SSSR count). The third-order valence-electron chi connectivity index (χ3n) is 4.03. The molecule has 1 aromatic rings. The van der Waals surface area contributed by atoms with Crippen molar-refractivity contribution in [1.29, 1.82) is 5.26 Å². The molecule has 0 saturated heterocycles. The fourth-order valence-electron chi connectivity index (χ4n) is 3.20. The number of carbonyl (C=O) groups is 2. The van der Waals surface area contributed by atoms with E-state index in [4.69, 9.17) is 4.74 Å². The van der Waals surface area contributed by atoms with Crippen LogP contribution in [0.15, 0.2) is 0 Å². The van der Waals surface area contributed by atoms with E-state index in [0.717, 1.165) is 10.4 Å². The van der Waals surface area contributed by atoms with Crippen molar-refractivity contribution in [3.05, 3.63) is 16.0 Å². The van der Waals surface area contributed by atoms with E-state index in [9.17, 15) is 14.9 Å². The van der Waals surface area contributed by atoms with Crippen LogP contribution in [0.5, 0.6) is 0 Å². The molecule has 1 aromatic heterocycles. The molecule has 25 heavy (non-hydrogen) atoms. The standard InChI is InChI=1S/C18H25N3O3S/c1-10(2)16(23)24-9-13(22)20-15-12(8-19)11-7-17(3,4)21-18(5,6)14(11)25-15/h10,21H,7,9H2,1-6H3,(H,20,22). The molecule has 6 nitrogen and oxygen atoms in total. The van der Waals surface area contributed by atoms with Crippen molar-refractivity contribution in [3.63, 3.8) is 0 Å². The van der Waals surface area contributed by atoms with Crippen LogP contribution in [-0.4, -0.2) is 24.0 Å². The Morgan fingerprint density at radius 3 is 2.56 bits per heavy atom. The molecule has 0 bridgehead atoms. The lowest BCUT2D eigenvalue weighted by Crippen LogP contribution is -2.54. The monoisotopic (exact) mass is 363 g/mol. The van der Waals surface area contributed by atoms with Crippen LogP contribution in [0.2, 0.25) is 0 Å². The van der Waals surface area contributed by atoms with Crippen molar-refractivity contribution in [3.8, 4) is 6.07 Å². The van der Waals surface area contributed by atoms with E-state index in [0.29, 0.717) is 17.0 Å². The largest absolute Gasteiger partial charge is 0.455 e. The van der Waals surface area contributed by atoms with Crippen LogP contribution < -0.4 is 10.6 Å². The number of rotatable bonds is 4. The minimum Gasteiger partial charge on any atom is -0.455 e. The highest BCUT2D eigenvalue weighted by molar-refractivity contribution is 7.17. The van der Waals surface area contributed by atoms with Gasteiger partial charge in [0.2, 0.25) is 0 Å². The maximum atomic E-state index is 12.1. The molecule has 0 unspecified atom stereocenters. The second kappa shape index (κ2) is 6.77. The van der Waals surface area contributed by atoms with Crippen molar-refractivity contribution < 1.29 is 14.3 Å². The van der Waals surface area contributed by atoms with Gasteiger partial charge in [-0.05, 0) is 39.7 Å². The van der Waals surface area contributed by atoms with E-state index in [-0.39, 0.29) is 23.6 Å². The van der Waals surface area contributed by atoms with E-state index in [2.05, 4.69) is 44.4 Å². The number of nitrogens with one attached hydrogen (secondary N) is 2. The average Bonchev–Trinajstić information content (AvgIpc) is 2.80. The number of thiophene rings is 1. The van der Waals surface area contributed by atoms with Gasteiger partial charge in [-0.15, -0.1) is 11.3 Å². The Bertz CT molecular complexity index is 741. The molecule has 0 spiro atoms. The summed E-state index contributed by atoms with van der Waals surface area (Å²) in [6.45, 7) is 11.4. The normalized spacial score (nSPS) is 17.5. The number of nitrogens with zero attached hydrogens (tertiary/aromatic N) is 1. The molecular weight excluding hydrogens is 338 g/mol. The van der Waals surface area contributed by atoms with Crippen LogP contribution in [0.25, 0.3) is 0 Å². The summed E-state index contributed by atoms with van der Waals surface area (Å²) in [4.78, 5) is 24.6. The quantitative estimate of drug-likeness (QED) is 0.803. The van der Waals surface area contributed by atoms with Crippen LogP contribution >= 0.6 is 11.3 Å². The minimum atomic E-state index is -0.436. The number of fused-ring (bicyclic) bond motifs is 1. The van der Waals surface area contributed by atoms with Crippen LogP contribution in [0.4, 0.5) is 5.00 Å². The molecule has 0 radical (unpaired) electrons. The number of hydrogen-bond donors (Lipinski definition) is 2. The first-order valence-corrected chi connectivity index (χ1v) is 9.10. The fourth-order valence-corrected chi connectivity index (χ4v) is 4.44. The first-order valence-electron chi connectivity index (χ1n) is 8.29. The highest BCUT2D eigenvalue weighted by Gasteiger charge is 2.40. The number of esters is 1. The van der Waals surface area contributed by atoms with Crippen molar-refractivity contribution >= 4 is 28.2 Å². The Kier molecular flexibility index (Phi) is 5.26. The molecule has 2 heterocycles. The van der Waals surface area contributed by atoms with Gasteiger partial charge in [-0.25, -0.2) is 0 Å². The number of ether oxygens (including phenoxy) is 1. The molecule has 0 atom stereocenters. The predicted octanol–water partition coefficient (Wildman–Crippen LogP) is 2.92. The molecular formula is C18H25N3O3S. The van der Waals surface area contributed by atoms with E-state index in [1.165, 1.54) is 11.3 Å². The molecule has 2 N–H and O–H groups in total. The zero-order chi connectivity index (χ0) is 19.0. The highest BCUT2D eigenvalue weighted by Crippen LogP contribution is 2.44. The Morgan fingerprint density at radius 1 is 1.36 bits per heavy atom. The summed E-state index contributed by atoms with van der Waals surface area (Å²) >= 11 is 1.41. The number of amides is 1. The summed E-state index contributed by atoms with van der Waals surface area (Å²) < 4.78 is 4.95. The van der Waals surface area contributed by atoms with E-state index in [1.54, 1.807) is 13.8 Å². The van der Waals surface area contributed by atoms with Crippen molar-refractivity contribution in [2.75, 3.05) is 11.9 Å². The van der Waals surface area contributed by atoms with E-state index < -0.39 is 11.9 Å². The van der Waals surface area contributed by atoms with Crippen molar-refractivity contribution in [2.24, 2.45) is 5.92 Å². The van der Waals surface area contributed by atoms with Gasteiger partial charge in [-0.1, -0.05) is 13.8 Å². The van der Waals surface area contributed by atoms with Crippen LogP contribution in [0.1, 0.15) is 57.5 Å². The predicted molar refractivity (Wildman–Crippen MR) is 97.4 cm³/mol. The van der Waals surface area contributed by atoms with E-state index in [1.807, 2.05) is 0 Å². The molecule has 0 aliphatic carbocycles. The lowest BCUT2D eigenvalue weighted by molar-refractivity contribution is -0.150. The van der Waals surface area contributed by atoms with Crippen molar-refractivity contribution in [1.82, 2.24) is 5.32 Å². The summed E-state index contributed by atoms with van der Waals surface area (Å²) in [6.07, 6.45) is 0.712. The topological polar surface area (TPSA) is 91.2 Å². The smallest absolute Gasteiger partial charge is 0.308 e. The molecule has 0 fully saturated rings. The molecule has 0 aromatic carbocycles. The SMILES string of the molecule is CC(C)C(=O)OCC(=O)Nc1sc2c(c1C#N)CC(C)(C)NC2(C)C. The molecule has 1 aliphatic heterocycles. The van der Waals surface area contributed by atoms with Gasteiger partial charge in [0.05, 0.1) is 11.5 Å². The molecule has 136 valence electrons. The minimum absolute atomic E-state index is 0.142. The van der Waals surface area contributed by atoms with Gasteiger partial charge in [0, 0.05) is 16.0 Å². The number of anilines is 1. The lowest BCUT2D eigenvalue weighted by Gasteiger charge is -2.42. The molecule has 0 saturated carbocycles. The van der Waals surface area contributed by atoms with Gasteiger partial charge in [0.15, 0.2) is 6.61 Å². The summed E-state index contributed by atoms with van der Waals surface area (Å²) in [5.41, 5.74) is 1.06. The Labute approximate surface area is 152 Å². The first-order chi connectivity index (χ1) is 11.5. The Morgan fingerprint density at radius 2 is 2.00 bits per heavy atom. The molecule has 1 aliphatic rings. The van der Waals surface area contributed by atoms with Gasteiger partial charge in [-0.2, -0.15) is 5.26 Å². The average molecular weight is 363 g/mol. The van der Waals surface area contributed by atoms with Crippen LogP contribution in [0.3, 0.4) is 0 Å². The first kappa shape index (κ1) is 19.4. The number of nitriles is 1. The Balaban J connectivity index is 2.24. The third-order valence-corrected chi connectivity index (χ3v) is 5.50. The summed E-state index contributed by atoms with van der Waals surface area (Å²) in [6, 6.07) is 2.23. The Hall–Kier alpha value is -1.91. The third kappa shape index (κ3) is 4.20. The maximum Gasteiger partial charge on any atom is 0.308 e. The summed E-state index contributed by atoms with van der Waals surface area (Å²) in [7, 11) is 0. The second-order valence-electron chi connectivity index (χ2n) is 7.85. The number of carbonyl (C=O) groups excluding carboxylic acids is 2. The van der Waals surface area contributed by atoms with Gasteiger partial charge < -0.3 is 15.4 Å². The summed E-state index contributed by atoms with van der Waals surface area (Å²) in [5.74, 6) is -1.15.